The first-order chi connectivity index (χ1) is 14.2. The summed E-state index contributed by atoms with van der Waals surface area (Å²) < 4.78 is 24.3. The number of aromatic nitrogens is 2. The van der Waals surface area contributed by atoms with Crippen LogP contribution in [0.25, 0.3) is 10.9 Å². The lowest BCUT2D eigenvalue weighted by molar-refractivity contribution is -0.120. The number of halogens is 1. The number of nitrogens with zero attached hydrogens (tertiary/aromatic N) is 3. The Bertz CT molecular complexity index is 1080. The molecule has 0 bridgehead atoms. The van der Waals surface area contributed by atoms with Crippen LogP contribution in [0.5, 0.6) is 11.5 Å². The van der Waals surface area contributed by atoms with E-state index in [2.05, 4.69) is 20.2 Å². The number of rotatable bonds is 3. The Kier molecular flexibility index (Phi) is 4.38. The molecule has 1 aromatic heterocycles. The molecule has 148 valence electrons. The average Bonchev–Trinajstić information content (AvgIpc) is 3.21. The highest BCUT2D eigenvalue weighted by atomic mass is 19.1. The summed E-state index contributed by atoms with van der Waals surface area (Å²) in [7, 11) is 0. The van der Waals surface area contributed by atoms with Crippen molar-refractivity contribution in [3.05, 3.63) is 48.5 Å². The van der Waals surface area contributed by atoms with Crippen LogP contribution in [-0.2, 0) is 4.79 Å². The third-order valence-corrected chi connectivity index (χ3v) is 5.38. The summed E-state index contributed by atoms with van der Waals surface area (Å²) >= 11 is 0. The molecule has 0 spiro atoms. The van der Waals surface area contributed by atoms with Crippen molar-refractivity contribution in [2.75, 3.05) is 30.1 Å². The standard InChI is InChI=1S/C21H19FN4O3/c22-14-1-3-17-16(9-14)20(24-11-23-17)26-7-5-13(6-8-26)21(27)25-15-2-4-18-19(10-15)29-12-28-18/h1-4,9-11,13H,5-8,12H2,(H,25,27). The van der Waals surface area contributed by atoms with E-state index in [9.17, 15) is 9.18 Å². The Labute approximate surface area is 166 Å². The Morgan fingerprint density at radius 3 is 2.76 bits per heavy atom. The van der Waals surface area contributed by atoms with Crippen molar-refractivity contribution in [2.45, 2.75) is 12.8 Å². The minimum atomic E-state index is -0.313. The van der Waals surface area contributed by atoms with Gasteiger partial charge in [-0.25, -0.2) is 14.4 Å². The molecule has 7 nitrogen and oxygen atoms in total. The molecule has 3 aromatic rings. The van der Waals surface area contributed by atoms with Crippen LogP contribution >= 0.6 is 0 Å². The number of hydrogen-bond donors (Lipinski definition) is 1. The molecule has 1 N–H and O–H groups in total. The van der Waals surface area contributed by atoms with Crippen molar-refractivity contribution < 1.29 is 18.7 Å². The van der Waals surface area contributed by atoms with Crippen molar-refractivity contribution in [1.29, 1.82) is 0 Å². The van der Waals surface area contributed by atoms with E-state index in [4.69, 9.17) is 9.47 Å². The highest BCUT2D eigenvalue weighted by molar-refractivity contribution is 5.93. The second kappa shape index (κ2) is 7.20. The molecule has 0 unspecified atom stereocenters. The molecule has 5 rings (SSSR count). The van der Waals surface area contributed by atoms with Crippen molar-refractivity contribution in [2.24, 2.45) is 5.92 Å². The zero-order chi connectivity index (χ0) is 19.8. The molecule has 2 aromatic carbocycles. The highest BCUT2D eigenvalue weighted by Gasteiger charge is 2.27. The van der Waals surface area contributed by atoms with E-state index < -0.39 is 0 Å². The topological polar surface area (TPSA) is 76.6 Å². The van der Waals surface area contributed by atoms with E-state index in [0.29, 0.717) is 59.8 Å². The summed E-state index contributed by atoms with van der Waals surface area (Å²) in [5, 5.41) is 3.66. The van der Waals surface area contributed by atoms with Gasteiger partial charge < -0.3 is 19.7 Å². The predicted molar refractivity (Wildman–Crippen MR) is 106 cm³/mol. The first kappa shape index (κ1) is 17.7. The first-order valence-electron chi connectivity index (χ1n) is 9.53. The van der Waals surface area contributed by atoms with Crippen LogP contribution < -0.4 is 19.7 Å². The lowest BCUT2D eigenvalue weighted by atomic mass is 9.95. The largest absolute Gasteiger partial charge is 0.454 e. The zero-order valence-corrected chi connectivity index (χ0v) is 15.6. The Hall–Kier alpha value is -3.42. The van der Waals surface area contributed by atoms with Gasteiger partial charge in [0.2, 0.25) is 12.7 Å². The summed E-state index contributed by atoms with van der Waals surface area (Å²) in [5.41, 5.74) is 1.40. The van der Waals surface area contributed by atoms with Crippen molar-refractivity contribution >= 4 is 28.3 Å². The maximum Gasteiger partial charge on any atom is 0.231 e. The number of piperidine rings is 1. The van der Waals surface area contributed by atoms with Crippen LogP contribution in [0.15, 0.2) is 42.7 Å². The molecular weight excluding hydrogens is 375 g/mol. The zero-order valence-electron chi connectivity index (χ0n) is 15.6. The van der Waals surface area contributed by atoms with Gasteiger partial charge in [-0.15, -0.1) is 0 Å². The molecule has 0 atom stereocenters. The number of carbonyl (C=O) groups excluding carboxylic acids is 1. The summed E-state index contributed by atoms with van der Waals surface area (Å²) in [6.07, 6.45) is 2.88. The molecular formula is C21H19FN4O3. The lowest BCUT2D eigenvalue weighted by Crippen LogP contribution is -2.38. The normalized spacial score (nSPS) is 16.2. The third kappa shape index (κ3) is 3.41. The monoisotopic (exact) mass is 394 g/mol. The summed E-state index contributed by atoms with van der Waals surface area (Å²) in [4.78, 5) is 23.4. The van der Waals surface area contributed by atoms with Gasteiger partial charge >= 0.3 is 0 Å². The molecule has 1 amide bonds. The average molecular weight is 394 g/mol. The molecule has 29 heavy (non-hydrogen) atoms. The van der Waals surface area contributed by atoms with E-state index in [1.54, 1.807) is 18.2 Å². The van der Waals surface area contributed by atoms with Crippen LogP contribution in [0, 0.1) is 11.7 Å². The fourth-order valence-electron chi connectivity index (χ4n) is 3.84. The van der Waals surface area contributed by atoms with Crippen LogP contribution in [0.4, 0.5) is 15.9 Å². The molecule has 2 aliphatic rings. The molecule has 8 heteroatoms. The minimum Gasteiger partial charge on any atom is -0.454 e. The quantitative estimate of drug-likeness (QED) is 0.734. The Balaban J connectivity index is 1.26. The number of amides is 1. The van der Waals surface area contributed by atoms with Crippen LogP contribution in [0.3, 0.4) is 0 Å². The maximum atomic E-state index is 13.7. The van der Waals surface area contributed by atoms with E-state index in [1.807, 2.05) is 6.07 Å². The van der Waals surface area contributed by atoms with Crippen LogP contribution in [0.1, 0.15) is 12.8 Å². The van der Waals surface area contributed by atoms with Crippen molar-refractivity contribution in [3.63, 3.8) is 0 Å². The number of nitrogens with one attached hydrogen (secondary N) is 1. The number of carbonyl (C=O) groups is 1. The minimum absolute atomic E-state index is 0.0119. The van der Waals surface area contributed by atoms with Crippen molar-refractivity contribution in [1.82, 2.24) is 9.97 Å². The summed E-state index contributed by atoms with van der Waals surface area (Å²) in [6, 6.07) is 9.88. The number of benzene rings is 2. The molecule has 2 aliphatic heterocycles. The van der Waals surface area contributed by atoms with E-state index in [-0.39, 0.29) is 24.4 Å². The van der Waals surface area contributed by atoms with Crippen LogP contribution in [0.2, 0.25) is 0 Å². The van der Waals surface area contributed by atoms with Gasteiger partial charge in [-0.2, -0.15) is 0 Å². The van der Waals surface area contributed by atoms with Gasteiger partial charge in [0.25, 0.3) is 0 Å². The van der Waals surface area contributed by atoms with Gasteiger partial charge in [0.15, 0.2) is 11.5 Å². The maximum absolute atomic E-state index is 13.7. The van der Waals surface area contributed by atoms with Gasteiger partial charge in [-0.05, 0) is 43.2 Å². The SMILES string of the molecule is O=C(Nc1ccc2c(c1)OCO2)C1CCN(c2ncnc3ccc(F)cc23)CC1. The predicted octanol–water partition coefficient (Wildman–Crippen LogP) is 3.35. The molecule has 3 heterocycles. The van der Waals surface area contributed by atoms with Gasteiger partial charge in [0, 0.05) is 36.1 Å². The number of hydrogen-bond acceptors (Lipinski definition) is 6. The first-order valence-corrected chi connectivity index (χ1v) is 9.53. The van der Waals surface area contributed by atoms with Gasteiger partial charge in [0.05, 0.1) is 5.52 Å². The fraction of sp³-hybridized carbons (Fsp3) is 0.286. The second-order valence-corrected chi connectivity index (χ2v) is 7.18. The summed E-state index contributed by atoms with van der Waals surface area (Å²) in [6.45, 7) is 1.54. The number of anilines is 2. The molecule has 0 radical (unpaired) electrons. The van der Waals surface area contributed by atoms with Gasteiger partial charge in [-0.1, -0.05) is 0 Å². The highest BCUT2D eigenvalue weighted by Crippen LogP contribution is 2.35. The number of fused-ring (bicyclic) bond motifs is 2. The smallest absolute Gasteiger partial charge is 0.231 e. The lowest BCUT2D eigenvalue weighted by Gasteiger charge is -2.32. The molecule has 0 aliphatic carbocycles. The molecule has 0 saturated carbocycles. The van der Waals surface area contributed by atoms with Gasteiger partial charge in [-0.3, -0.25) is 4.79 Å². The number of ether oxygens (including phenoxy) is 2. The second-order valence-electron chi connectivity index (χ2n) is 7.18. The van der Waals surface area contributed by atoms with E-state index in [0.717, 1.165) is 0 Å². The third-order valence-electron chi connectivity index (χ3n) is 5.38. The van der Waals surface area contributed by atoms with Crippen molar-refractivity contribution in [3.8, 4) is 11.5 Å². The Morgan fingerprint density at radius 1 is 1.07 bits per heavy atom. The molecule has 1 saturated heterocycles. The van der Waals surface area contributed by atoms with Gasteiger partial charge in [0.1, 0.15) is 18.0 Å². The fourth-order valence-corrected chi connectivity index (χ4v) is 3.84. The van der Waals surface area contributed by atoms with Crippen LogP contribution in [-0.4, -0.2) is 35.8 Å². The van der Waals surface area contributed by atoms with E-state index in [1.165, 1.54) is 18.5 Å². The Morgan fingerprint density at radius 2 is 1.90 bits per heavy atom. The summed E-state index contributed by atoms with van der Waals surface area (Å²) in [5.74, 6) is 1.62. The van der Waals surface area contributed by atoms with E-state index >= 15 is 0 Å². The molecule has 1 fully saturated rings.